The molecule has 34 heteroatoms. The van der Waals surface area contributed by atoms with Crippen LogP contribution in [0.4, 0.5) is 11.4 Å². The number of nitrogens with one attached hydrogen (secondary N) is 3. The number of aromatic amines is 1. The monoisotopic (exact) mass is 1420 g/mol. The van der Waals surface area contributed by atoms with E-state index in [1.807, 2.05) is 78.8 Å². The summed E-state index contributed by atoms with van der Waals surface area (Å²) in [5.74, 6) is -0.209. The normalized spacial score (nSPS) is 19.4. The van der Waals surface area contributed by atoms with Crippen LogP contribution in [0.3, 0.4) is 0 Å². The first-order valence-electron chi connectivity index (χ1n) is 30.1. The van der Waals surface area contributed by atoms with Crippen molar-refractivity contribution >= 4 is 86.8 Å². The Morgan fingerprint density at radius 2 is 1.48 bits per heavy atom. The summed E-state index contributed by atoms with van der Waals surface area (Å²) in [4.78, 5) is 72.4. The SMILES string of the molecule is CCN1/C(=C/C=C/C=C/C2=[N+](CCCCCC(=O)NCCOCCOCCOCCOCCC(=O)NCC(C)(C)SSCO[C@@H]3C[C@H](n4cc(C)c(=O)[nH]c4=O)O[C@@H]3COP(=O)(O)O[PH](=O)O)c3ccc(S(=O)(=O)O)cc3C2(C)C)C(C)(C)c2cc(S(=O)(=O)O)ccc21. The third-order valence-electron chi connectivity index (χ3n) is 15.4. The summed E-state index contributed by atoms with van der Waals surface area (Å²) in [6, 6.07) is 9.25. The maximum absolute atomic E-state index is 12.7. The first kappa shape index (κ1) is 77.3. The van der Waals surface area contributed by atoms with E-state index in [0.717, 1.165) is 51.3 Å². The second kappa shape index (κ2) is 35.0. The molecular formula is C59H87N6O22P2S4+. The van der Waals surface area contributed by atoms with E-state index in [1.165, 1.54) is 59.0 Å². The number of benzene rings is 2. The number of carbonyl (C=O) groups is 2. The smallest absolute Gasteiger partial charge is 0.379 e. The van der Waals surface area contributed by atoms with Crippen LogP contribution in [-0.4, -0.2) is 176 Å². The van der Waals surface area contributed by atoms with E-state index in [4.69, 9.17) is 37.8 Å². The van der Waals surface area contributed by atoms with Gasteiger partial charge in [0.2, 0.25) is 17.5 Å². The molecule has 518 valence electrons. The Morgan fingerprint density at radius 1 is 0.860 bits per heavy atom. The minimum atomic E-state index is -4.92. The van der Waals surface area contributed by atoms with Crippen molar-refractivity contribution in [1.29, 1.82) is 0 Å². The molecule has 2 unspecified atom stereocenters. The number of rotatable bonds is 40. The number of phosphoric ester groups is 1. The van der Waals surface area contributed by atoms with Gasteiger partial charge in [0, 0.05) is 96.3 Å². The lowest BCUT2D eigenvalue weighted by molar-refractivity contribution is -0.438. The van der Waals surface area contributed by atoms with Gasteiger partial charge in [-0.25, -0.2) is 13.7 Å². The van der Waals surface area contributed by atoms with Gasteiger partial charge in [-0.15, -0.1) is 0 Å². The highest BCUT2D eigenvalue weighted by Gasteiger charge is 2.45. The number of allylic oxidation sites excluding steroid dienone is 6. The molecule has 3 aliphatic heterocycles. The predicted molar refractivity (Wildman–Crippen MR) is 352 cm³/mol. The van der Waals surface area contributed by atoms with Gasteiger partial charge in [-0.05, 0) is 96.4 Å². The van der Waals surface area contributed by atoms with Gasteiger partial charge >= 0.3 is 21.8 Å². The Hall–Kier alpha value is -4.67. The lowest BCUT2D eigenvalue weighted by atomic mass is 9.81. The van der Waals surface area contributed by atoms with Crippen LogP contribution >= 0.6 is 37.7 Å². The topological polar surface area (TPSA) is 376 Å². The predicted octanol–water partition coefficient (Wildman–Crippen LogP) is 6.78. The molecule has 1 fully saturated rings. The molecule has 3 aromatic rings. The van der Waals surface area contributed by atoms with Crippen molar-refractivity contribution in [3.05, 3.63) is 116 Å². The molecule has 0 radical (unpaired) electrons. The lowest BCUT2D eigenvalue weighted by Crippen LogP contribution is -2.36. The number of aryl methyl sites for hydroxylation is 1. The van der Waals surface area contributed by atoms with Gasteiger partial charge in [-0.1, -0.05) is 53.7 Å². The fourth-order valence-electron chi connectivity index (χ4n) is 10.6. The number of aromatic nitrogens is 2. The van der Waals surface area contributed by atoms with Crippen LogP contribution in [0.15, 0.2) is 98.1 Å². The number of hydrogen-bond donors (Lipinski definition) is 7. The number of hydrogen-bond acceptors (Lipinski definition) is 21. The summed E-state index contributed by atoms with van der Waals surface area (Å²) in [5, 5.41) is 5.78. The van der Waals surface area contributed by atoms with Crippen LogP contribution in [-0.2, 0) is 87.0 Å². The van der Waals surface area contributed by atoms with Gasteiger partial charge in [0.05, 0.1) is 80.8 Å². The number of nitrogens with zero attached hydrogens (tertiary/aromatic N) is 3. The summed E-state index contributed by atoms with van der Waals surface area (Å²) in [7, 11) is -14.8. The molecule has 0 bridgehead atoms. The second-order valence-corrected chi connectivity index (χ2v) is 31.8. The molecule has 4 heterocycles. The highest BCUT2D eigenvalue weighted by atomic mass is 33.1. The standard InChI is InChI=1S/C59H86N6O22P2S4/c1-9-63-46-21-19-42(92(74,75)76)34-44(46)58(5,6)50(63)16-12-10-13-17-51-59(7,8)45-35-43(93(77,78)79)20-22-47(45)64(51)25-15-11-14-18-52(66)60-24-27-81-29-31-83-33-32-82-30-28-80-26-23-53(67)61-39-57(3,4)91-90-40-84-48-36-54(65-37-41(2)55(68)62-56(65)69)86-49(48)38-85-89(72,73)87-88(70)71/h10,12-13,16-17,19-22,34-35,37,48-49,54,88H,9,11,14-15,18,23-33,36,38-40H2,1-8H3,(H6-,60,61,62,66,67,68,69,70,71,72,73,74,75,76,77,78,79)/p+1/t48-,49-,54-/m1/s1. The molecule has 7 N–H and O–H groups in total. The first-order valence-corrected chi connectivity index (χ1v) is 38.1. The second-order valence-electron chi connectivity index (χ2n) is 23.5. The molecule has 0 spiro atoms. The zero-order valence-electron chi connectivity index (χ0n) is 53.4. The maximum atomic E-state index is 12.7. The molecule has 2 amide bonds. The zero-order valence-corrected chi connectivity index (χ0v) is 58.5. The Labute approximate surface area is 550 Å². The molecule has 6 rings (SSSR count). The van der Waals surface area contributed by atoms with Crippen molar-refractivity contribution < 1.29 is 96.3 Å². The number of amides is 2. The van der Waals surface area contributed by atoms with E-state index in [2.05, 4.69) is 29.4 Å². The van der Waals surface area contributed by atoms with E-state index >= 15 is 0 Å². The van der Waals surface area contributed by atoms with Crippen molar-refractivity contribution in [1.82, 2.24) is 20.2 Å². The van der Waals surface area contributed by atoms with Crippen molar-refractivity contribution in [3.8, 4) is 0 Å². The van der Waals surface area contributed by atoms with Crippen LogP contribution < -0.4 is 26.8 Å². The lowest BCUT2D eigenvalue weighted by Gasteiger charge is -2.25. The van der Waals surface area contributed by atoms with Crippen molar-refractivity contribution in [2.24, 2.45) is 0 Å². The van der Waals surface area contributed by atoms with Crippen LogP contribution in [0.5, 0.6) is 0 Å². The molecule has 28 nitrogen and oxygen atoms in total. The van der Waals surface area contributed by atoms with Crippen molar-refractivity contribution in [3.63, 3.8) is 0 Å². The Bertz CT molecular complexity index is 3650. The Kier molecular flexibility index (Phi) is 29.1. The number of fused-ring (bicyclic) bond motifs is 2. The van der Waals surface area contributed by atoms with E-state index < -0.39 is 88.2 Å². The number of likely N-dealkylation sites (N-methyl/N-ethyl adjacent to an activating group) is 1. The van der Waals surface area contributed by atoms with E-state index in [1.54, 1.807) is 12.1 Å². The van der Waals surface area contributed by atoms with Crippen LogP contribution in [0, 0.1) is 6.92 Å². The van der Waals surface area contributed by atoms with Crippen molar-refractivity contribution in [2.75, 3.05) is 96.5 Å². The number of unbranched alkanes of at least 4 members (excludes halogenated alkanes) is 2. The fourth-order valence-corrected chi connectivity index (χ4v) is 15.1. The van der Waals surface area contributed by atoms with Crippen LogP contribution in [0.2, 0.25) is 0 Å². The Morgan fingerprint density at radius 3 is 2.13 bits per heavy atom. The summed E-state index contributed by atoms with van der Waals surface area (Å²) in [6.45, 7) is 19.0. The highest BCUT2D eigenvalue weighted by Crippen LogP contribution is 2.52. The third kappa shape index (κ3) is 23.0. The van der Waals surface area contributed by atoms with Gasteiger partial charge in [-0.3, -0.25) is 42.1 Å². The van der Waals surface area contributed by atoms with E-state index in [-0.39, 0.29) is 59.2 Å². The minimum Gasteiger partial charge on any atom is -0.379 e. The first-order chi connectivity index (χ1) is 43.8. The molecule has 5 atom stereocenters. The fraction of sp³-hybridized carbons (Fsp3) is 0.576. The zero-order chi connectivity index (χ0) is 68.4. The highest BCUT2D eigenvalue weighted by molar-refractivity contribution is 8.77. The summed E-state index contributed by atoms with van der Waals surface area (Å²) < 4.78 is 137. The molecule has 0 saturated carbocycles. The van der Waals surface area contributed by atoms with Crippen molar-refractivity contribution in [2.45, 2.75) is 138 Å². The average Bonchev–Trinajstić information content (AvgIpc) is 1.60. The molecule has 0 aliphatic carbocycles. The van der Waals surface area contributed by atoms with Gasteiger partial charge in [0.15, 0.2) is 5.71 Å². The van der Waals surface area contributed by atoms with E-state index in [0.29, 0.717) is 78.7 Å². The van der Waals surface area contributed by atoms with Gasteiger partial charge in [0.1, 0.15) is 24.8 Å². The Balaban J connectivity index is 0.797. The molecule has 1 saturated heterocycles. The summed E-state index contributed by atoms with van der Waals surface area (Å²) in [5.41, 5.74) is 2.81. The molecular weight excluding hydrogens is 1330 g/mol. The molecule has 93 heavy (non-hydrogen) atoms. The quantitative estimate of drug-likeness (QED) is 0.00586. The van der Waals surface area contributed by atoms with Gasteiger partial charge in [0.25, 0.3) is 25.8 Å². The number of anilines is 1. The largest absolute Gasteiger partial charge is 0.479 e. The summed E-state index contributed by atoms with van der Waals surface area (Å²) in [6.07, 6.45) is 10.9. The van der Waals surface area contributed by atoms with Crippen LogP contribution in [0.1, 0.15) is 110 Å². The number of carbonyl (C=O) groups excluding carboxylic acids is 2. The third-order valence-corrected chi connectivity index (χ3v) is 22.0. The van der Waals surface area contributed by atoms with Gasteiger partial charge < -0.3 is 53.7 Å². The average molecular weight is 1420 g/mol. The van der Waals surface area contributed by atoms with Gasteiger partial charge in [-0.2, -0.15) is 21.4 Å². The van der Waals surface area contributed by atoms with Crippen LogP contribution in [0.25, 0.3) is 0 Å². The number of ether oxygens (including phenoxy) is 6. The molecule has 2 aromatic carbocycles. The summed E-state index contributed by atoms with van der Waals surface area (Å²) >= 11 is 0. The molecule has 1 aromatic heterocycles. The number of H-pyrrole nitrogens is 1. The minimum absolute atomic E-state index is 0.0866. The van der Waals surface area contributed by atoms with E-state index in [9.17, 15) is 59.1 Å². The maximum Gasteiger partial charge on any atom is 0.479 e. The number of phosphoric acid groups is 1. The molecule has 3 aliphatic rings.